The first-order chi connectivity index (χ1) is 9.60. The number of anilines is 1. The minimum absolute atomic E-state index is 0.288. The lowest BCUT2D eigenvalue weighted by atomic mass is 10.1. The van der Waals surface area contributed by atoms with E-state index in [4.69, 9.17) is 5.26 Å². The summed E-state index contributed by atoms with van der Waals surface area (Å²) in [5.41, 5.74) is 1.98. The molecule has 2 N–H and O–H groups in total. The summed E-state index contributed by atoms with van der Waals surface area (Å²) >= 11 is 3.36. The molecule has 2 aromatic rings. The Morgan fingerprint density at radius 3 is 2.55 bits per heavy atom. The molecule has 20 heavy (non-hydrogen) atoms. The fourth-order valence-electron chi connectivity index (χ4n) is 1.74. The van der Waals surface area contributed by atoms with Gasteiger partial charge in [0.2, 0.25) is 0 Å². The van der Waals surface area contributed by atoms with E-state index in [1.807, 2.05) is 6.07 Å². The lowest BCUT2D eigenvalue weighted by Gasteiger charge is -2.14. The summed E-state index contributed by atoms with van der Waals surface area (Å²) in [4.78, 5) is 0. The van der Waals surface area contributed by atoms with E-state index in [2.05, 4.69) is 21.2 Å². The maximum atomic E-state index is 12.8. The van der Waals surface area contributed by atoms with Crippen LogP contribution in [0.25, 0.3) is 0 Å². The zero-order valence-electron chi connectivity index (χ0n) is 10.5. The third-order valence-corrected chi connectivity index (χ3v) is 3.49. The second kappa shape index (κ2) is 6.51. The van der Waals surface area contributed by atoms with Crippen LogP contribution in [-0.2, 0) is 0 Å². The maximum absolute atomic E-state index is 12.8. The summed E-state index contributed by atoms with van der Waals surface area (Å²) in [7, 11) is 0. The molecule has 0 amide bonds. The van der Waals surface area contributed by atoms with Gasteiger partial charge in [-0.25, -0.2) is 4.39 Å². The van der Waals surface area contributed by atoms with Gasteiger partial charge in [-0.05, 0) is 51.8 Å². The van der Waals surface area contributed by atoms with Crippen LogP contribution in [0, 0.1) is 17.1 Å². The van der Waals surface area contributed by atoms with Crippen molar-refractivity contribution in [2.45, 2.75) is 6.10 Å². The molecule has 102 valence electrons. The Labute approximate surface area is 124 Å². The zero-order valence-corrected chi connectivity index (χ0v) is 12.1. The highest BCUT2D eigenvalue weighted by molar-refractivity contribution is 9.10. The van der Waals surface area contributed by atoms with Crippen LogP contribution in [0.2, 0.25) is 0 Å². The number of nitrogens with zero attached hydrogens (tertiary/aromatic N) is 1. The topological polar surface area (TPSA) is 56.0 Å². The average molecular weight is 335 g/mol. The third-order valence-electron chi connectivity index (χ3n) is 2.84. The van der Waals surface area contributed by atoms with Crippen LogP contribution in [0.5, 0.6) is 0 Å². The monoisotopic (exact) mass is 334 g/mol. The number of nitriles is 1. The van der Waals surface area contributed by atoms with Gasteiger partial charge in [-0.3, -0.25) is 0 Å². The van der Waals surface area contributed by atoms with Crippen molar-refractivity contribution in [3.05, 3.63) is 63.9 Å². The Bertz CT molecular complexity index is 637. The molecule has 0 aliphatic heterocycles. The Hall–Kier alpha value is -1.90. The van der Waals surface area contributed by atoms with E-state index in [9.17, 15) is 9.50 Å². The minimum Gasteiger partial charge on any atom is -0.387 e. The van der Waals surface area contributed by atoms with Crippen LogP contribution in [0.4, 0.5) is 10.1 Å². The first kappa shape index (κ1) is 14.5. The Kier molecular flexibility index (Phi) is 4.72. The van der Waals surface area contributed by atoms with Crippen LogP contribution in [0.15, 0.2) is 46.9 Å². The van der Waals surface area contributed by atoms with Gasteiger partial charge in [-0.15, -0.1) is 0 Å². The minimum atomic E-state index is -0.738. The largest absolute Gasteiger partial charge is 0.387 e. The molecular weight excluding hydrogens is 323 g/mol. The smallest absolute Gasteiger partial charge is 0.123 e. The lowest BCUT2D eigenvalue weighted by molar-refractivity contribution is 0.191. The summed E-state index contributed by atoms with van der Waals surface area (Å²) in [5.74, 6) is -0.330. The fraction of sp³-hybridized carbons (Fsp3) is 0.133. The number of aliphatic hydroxyl groups is 1. The van der Waals surface area contributed by atoms with Crippen molar-refractivity contribution < 1.29 is 9.50 Å². The normalized spacial score (nSPS) is 11.7. The quantitative estimate of drug-likeness (QED) is 0.898. The first-order valence-electron chi connectivity index (χ1n) is 5.97. The van der Waals surface area contributed by atoms with E-state index >= 15 is 0 Å². The van der Waals surface area contributed by atoms with Crippen LogP contribution in [0.1, 0.15) is 17.2 Å². The Morgan fingerprint density at radius 2 is 1.95 bits per heavy atom. The van der Waals surface area contributed by atoms with Gasteiger partial charge in [0, 0.05) is 16.7 Å². The number of hydrogen-bond acceptors (Lipinski definition) is 3. The van der Waals surface area contributed by atoms with E-state index in [0.29, 0.717) is 11.1 Å². The van der Waals surface area contributed by atoms with Crippen LogP contribution in [-0.4, -0.2) is 11.7 Å². The number of halogens is 2. The van der Waals surface area contributed by atoms with Crippen molar-refractivity contribution in [1.82, 2.24) is 0 Å². The molecule has 0 spiro atoms. The third kappa shape index (κ3) is 3.56. The molecule has 0 saturated heterocycles. The predicted octanol–water partition coefficient (Wildman–Crippen LogP) is 3.61. The summed E-state index contributed by atoms with van der Waals surface area (Å²) in [5, 5.41) is 21.9. The highest BCUT2D eigenvalue weighted by Gasteiger charge is 2.08. The molecule has 0 radical (unpaired) electrons. The van der Waals surface area contributed by atoms with Gasteiger partial charge < -0.3 is 10.4 Å². The maximum Gasteiger partial charge on any atom is 0.123 e. The first-order valence-corrected chi connectivity index (χ1v) is 6.76. The van der Waals surface area contributed by atoms with Crippen molar-refractivity contribution in [2.24, 2.45) is 0 Å². The number of benzene rings is 2. The summed E-state index contributed by atoms with van der Waals surface area (Å²) in [6, 6.07) is 12.9. The van der Waals surface area contributed by atoms with Gasteiger partial charge in [0.15, 0.2) is 0 Å². The van der Waals surface area contributed by atoms with Crippen LogP contribution >= 0.6 is 15.9 Å². The van der Waals surface area contributed by atoms with Crippen molar-refractivity contribution in [1.29, 1.82) is 5.26 Å². The van der Waals surface area contributed by atoms with Crippen molar-refractivity contribution in [2.75, 3.05) is 11.9 Å². The molecule has 5 heteroatoms. The van der Waals surface area contributed by atoms with Gasteiger partial charge in [0.25, 0.3) is 0 Å². The predicted molar refractivity (Wildman–Crippen MR) is 78.7 cm³/mol. The Morgan fingerprint density at radius 1 is 1.25 bits per heavy atom. The van der Waals surface area contributed by atoms with E-state index < -0.39 is 6.10 Å². The van der Waals surface area contributed by atoms with Gasteiger partial charge >= 0.3 is 0 Å². The van der Waals surface area contributed by atoms with E-state index in [0.717, 1.165) is 10.2 Å². The van der Waals surface area contributed by atoms with Gasteiger partial charge in [0.1, 0.15) is 5.82 Å². The van der Waals surface area contributed by atoms with Gasteiger partial charge in [0.05, 0.1) is 17.7 Å². The highest BCUT2D eigenvalue weighted by Crippen LogP contribution is 2.24. The molecule has 2 aromatic carbocycles. The molecule has 0 aliphatic carbocycles. The molecule has 3 nitrogen and oxygen atoms in total. The second-order valence-electron chi connectivity index (χ2n) is 4.25. The number of aliphatic hydroxyl groups excluding tert-OH is 1. The molecule has 0 fully saturated rings. The molecule has 0 aliphatic rings. The zero-order chi connectivity index (χ0) is 14.5. The number of rotatable bonds is 4. The SMILES string of the molecule is N#Cc1ccc(NCC(O)c2ccc(F)cc2)c(Br)c1. The van der Waals surface area contributed by atoms with Gasteiger partial charge in [-0.1, -0.05) is 12.1 Å². The van der Waals surface area contributed by atoms with Crippen molar-refractivity contribution in [3.63, 3.8) is 0 Å². The molecule has 0 bridgehead atoms. The Balaban J connectivity index is 2.01. The van der Waals surface area contributed by atoms with Crippen molar-refractivity contribution >= 4 is 21.6 Å². The molecule has 1 unspecified atom stereocenters. The van der Waals surface area contributed by atoms with Crippen LogP contribution in [0.3, 0.4) is 0 Å². The number of nitrogens with one attached hydrogen (secondary N) is 1. The molecule has 2 rings (SSSR count). The lowest BCUT2D eigenvalue weighted by Crippen LogP contribution is -2.12. The van der Waals surface area contributed by atoms with E-state index in [1.54, 1.807) is 30.3 Å². The molecular formula is C15H12BrFN2O. The van der Waals surface area contributed by atoms with Crippen LogP contribution < -0.4 is 5.32 Å². The summed E-state index contributed by atoms with van der Waals surface area (Å²) in [6.07, 6.45) is -0.738. The molecule has 1 atom stereocenters. The second-order valence-corrected chi connectivity index (χ2v) is 5.11. The average Bonchev–Trinajstić information content (AvgIpc) is 2.46. The van der Waals surface area contributed by atoms with E-state index in [1.165, 1.54) is 12.1 Å². The molecule has 0 aromatic heterocycles. The molecule has 0 heterocycles. The standard InChI is InChI=1S/C15H12BrFN2O/c16-13-7-10(8-18)1-6-14(13)19-9-15(20)11-2-4-12(17)5-3-11/h1-7,15,19-20H,9H2. The summed E-state index contributed by atoms with van der Waals surface area (Å²) < 4.78 is 13.5. The molecule has 0 saturated carbocycles. The van der Waals surface area contributed by atoms with Crippen molar-refractivity contribution in [3.8, 4) is 6.07 Å². The van der Waals surface area contributed by atoms with Gasteiger partial charge in [-0.2, -0.15) is 5.26 Å². The number of hydrogen-bond donors (Lipinski definition) is 2. The highest BCUT2D eigenvalue weighted by atomic mass is 79.9. The van der Waals surface area contributed by atoms with E-state index in [-0.39, 0.29) is 12.4 Å². The fourth-order valence-corrected chi connectivity index (χ4v) is 2.26. The summed E-state index contributed by atoms with van der Waals surface area (Å²) in [6.45, 7) is 0.288.